The number of carboxylic acid groups (broad SMARTS) is 1. The highest BCUT2D eigenvalue weighted by Gasteiger charge is 2.29. The van der Waals surface area contributed by atoms with E-state index in [1.807, 2.05) is 0 Å². The summed E-state index contributed by atoms with van der Waals surface area (Å²) in [5.41, 5.74) is 16.0. The Bertz CT molecular complexity index is 720. The molecule has 13 heteroatoms. The van der Waals surface area contributed by atoms with Crippen molar-refractivity contribution >= 4 is 29.6 Å². The van der Waals surface area contributed by atoms with E-state index >= 15 is 0 Å². The second-order valence-corrected chi connectivity index (χ2v) is 6.02. The van der Waals surface area contributed by atoms with Gasteiger partial charge in [0.05, 0.1) is 18.8 Å². The molecule has 3 atom stereocenters. The molecule has 0 bridgehead atoms. The number of primary amides is 2. The summed E-state index contributed by atoms with van der Waals surface area (Å²) < 4.78 is 0. The predicted octanol–water partition coefficient (Wildman–Crippen LogP) is -3.53. The summed E-state index contributed by atoms with van der Waals surface area (Å²) in [4.78, 5) is 64.3. The number of aromatic nitrogens is 2. The van der Waals surface area contributed by atoms with Crippen molar-refractivity contribution < 1.29 is 29.1 Å². The van der Waals surface area contributed by atoms with E-state index in [1.165, 1.54) is 12.5 Å². The Morgan fingerprint density at radius 3 is 2.21 bits per heavy atom. The third-order valence-corrected chi connectivity index (χ3v) is 3.66. The molecule has 0 saturated heterocycles. The number of carboxylic acids is 1. The number of aromatic amines is 1. The van der Waals surface area contributed by atoms with Gasteiger partial charge in [-0.25, -0.2) is 9.78 Å². The van der Waals surface area contributed by atoms with E-state index in [0.29, 0.717) is 5.69 Å². The number of rotatable bonds is 12. The summed E-state index contributed by atoms with van der Waals surface area (Å²) in [7, 11) is 0. The second kappa shape index (κ2) is 10.6. The molecule has 0 aliphatic heterocycles. The number of nitrogens with zero attached hydrogens (tertiary/aromatic N) is 1. The van der Waals surface area contributed by atoms with Crippen molar-refractivity contribution in [2.45, 2.75) is 43.8 Å². The summed E-state index contributed by atoms with van der Waals surface area (Å²) in [6, 6.07) is -3.91. The molecule has 1 aromatic heterocycles. The average Bonchev–Trinajstić information content (AvgIpc) is 3.09. The molecule has 1 heterocycles. The SMILES string of the molecule is NC(=O)CCC(NC(=O)C(N)CC(N)=O)C(=O)NC(Cc1cnc[nH]1)C(=O)O. The summed E-state index contributed by atoms with van der Waals surface area (Å²) in [5.74, 6) is -4.56. The van der Waals surface area contributed by atoms with Gasteiger partial charge in [-0.05, 0) is 6.42 Å². The predicted molar refractivity (Wildman–Crippen MR) is 94.0 cm³/mol. The van der Waals surface area contributed by atoms with Crippen LogP contribution < -0.4 is 27.8 Å². The number of H-pyrrole nitrogens is 1. The van der Waals surface area contributed by atoms with Crippen molar-refractivity contribution in [1.82, 2.24) is 20.6 Å². The number of carbonyl (C=O) groups is 5. The molecule has 0 aromatic carbocycles. The molecular weight excluding hydrogens is 374 g/mol. The molecule has 0 saturated carbocycles. The van der Waals surface area contributed by atoms with Crippen LogP contribution in [0.25, 0.3) is 0 Å². The Balaban J connectivity index is 2.83. The minimum atomic E-state index is -1.32. The lowest BCUT2D eigenvalue weighted by atomic mass is 10.1. The molecule has 154 valence electrons. The van der Waals surface area contributed by atoms with Crippen LogP contribution >= 0.6 is 0 Å². The molecular formula is C15H23N7O6. The molecule has 28 heavy (non-hydrogen) atoms. The standard InChI is InChI=1S/C15H23N7O6/c16-8(4-12(18)24)13(25)21-9(1-2-11(17)23)14(26)22-10(15(27)28)3-7-5-19-6-20-7/h5-6,8-10H,1-4,16H2,(H2,17,23)(H2,18,24)(H,19,20)(H,21,25)(H,22,26)(H,27,28). The van der Waals surface area contributed by atoms with E-state index in [0.717, 1.165) is 0 Å². The number of hydrogen-bond donors (Lipinski definition) is 7. The van der Waals surface area contributed by atoms with Crippen molar-refractivity contribution in [2.75, 3.05) is 0 Å². The third kappa shape index (κ3) is 7.82. The number of hydrogen-bond acceptors (Lipinski definition) is 7. The fraction of sp³-hybridized carbons (Fsp3) is 0.467. The monoisotopic (exact) mass is 397 g/mol. The zero-order chi connectivity index (χ0) is 21.3. The molecule has 0 aliphatic rings. The quantitative estimate of drug-likeness (QED) is 0.186. The summed E-state index contributed by atoms with van der Waals surface area (Å²) in [5, 5.41) is 13.9. The Kier molecular flexibility index (Phi) is 8.55. The van der Waals surface area contributed by atoms with Gasteiger partial charge in [-0.15, -0.1) is 0 Å². The fourth-order valence-corrected chi connectivity index (χ4v) is 2.23. The first-order valence-corrected chi connectivity index (χ1v) is 8.23. The van der Waals surface area contributed by atoms with Crippen LogP contribution in [0.2, 0.25) is 0 Å². The Morgan fingerprint density at radius 1 is 1.07 bits per heavy atom. The zero-order valence-electron chi connectivity index (χ0n) is 14.9. The van der Waals surface area contributed by atoms with Gasteiger partial charge in [0, 0.05) is 24.7 Å². The van der Waals surface area contributed by atoms with Crippen LogP contribution in [0.1, 0.15) is 25.0 Å². The second-order valence-electron chi connectivity index (χ2n) is 6.02. The first kappa shape index (κ1) is 22.6. The van der Waals surface area contributed by atoms with Crippen molar-refractivity contribution in [1.29, 1.82) is 0 Å². The molecule has 0 fully saturated rings. The van der Waals surface area contributed by atoms with Gasteiger partial charge in [-0.1, -0.05) is 0 Å². The van der Waals surface area contributed by atoms with Gasteiger partial charge in [0.25, 0.3) is 0 Å². The number of carbonyl (C=O) groups excluding carboxylic acids is 4. The highest BCUT2D eigenvalue weighted by atomic mass is 16.4. The number of amides is 4. The first-order chi connectivity index (χ1) is 13.1. The van der Waals surface area contributed by atoms with Gasteiger partial charge >= 0.3 is 5.97 Å². The smallest absolute Gasteiger partial charge is 0.326 e. The molecule has 13 nitrogen and oxygen atoms in total. The third-order valence-electron chi connectivity index (χ3n) is 3.66. The van der Waals surface area contributed by atoms with Crippen LogP contribution in [0.3, 0.4) is 0 Å². The molecule has 0 radical (unpaired) electrons. The van der Waals surface area contributed by atoms with Crippen molar-refractivity contribution in [3.63, 3.8) is 0 Å². The minimum Gasteiger partial charge on any atom is -0.480 e. The van der Waals surface area contributed by atoms with E-state index in [2.05, 4.69) is 20.6 Å². The van der Waals surface area contributed by atoms with Crippen molar-refractivity contribution in [2.24, 2.45) is 17.2 Å². The van der Waals surface area contributed by atoms with Crippen LogP contribution in [0.5, 0.6) is 0 Å². The van der Waals surface area contributed by atoms with Crippen molar-refractivity contribution in [3.05, 3.63) is 18.2 Å². The van der Waals surface area contributed by atoms with E-state index in [9.17, 15) is 29.1 Å². The maximum absolute atomic E-state index is 12.5. The molecule has 0 aliphatic carbocycles. The minimum absolute atomic E-state index is 0.0846. The average molecular weight is 397 g/mol. The van der Waals surface area contributed by atoms with Crippen LogP contribution in [0.15, 0.2) is 12.5 Å². The van der Waals surface area contributed by atoms with Crippen LogP contribution in [0.4, 0.5) is 0 Å². The molecule has 1 rings (SSSR count). The lowest BCUT2D eigenvalue weighted by Gasteiger charge is -2.22. The summed E-state index contributed by atoms with van der Waals surface area (Å²) in [6.45, 7) is 0. The maximum atomic E-state index is 12.5. The number of imidazole rings is 1. The number of nitrogens with two attached hydrogens (primary N) is 3. The van der Waals surface area contributed by atoms with Crippen LogP contribution in [0, 0.1) is 0 Å². The Hall–Kier alpha value is -3.48. The fourth-order valence-electron chi connectivity index (χ4n) is 2.23. The first-order valence-electron chi connectivity index (χ1n) is 8.23. The number of aliphatic carboxylic acids is 1. The van der Waals surface area contributed by atoms with E-state index in [4.69, 9.17) is 17.2 Å². The lowest BCUT2D eigenvalue weighted by molar-refractivity contribution is -0.142. The van der Waals surface area contributed by atoms with E-state index in [1.54, 1.807) is 0 Å². The Labute approximate surface area is 159 Å². The Morgan fingerprint density at radius 2 is 1.71 bits per heavy atom. The lowest BCUT2D eigenvalue weighted by Crippen LogP contribution is -2.55. The van der Waals surface area contributed by atoms with Crippen molar-refractivity contribution in [3.8, 4) is 0 Å². The normalized spacial score (nSPS) is 13.8. The topological polar surface area (TPSA) is 236 Å². The molecule has 4 amide bonds. The van der Waals surface area contributed by atoms with Crippen LogP contribution in [-0.2, 0) is 30.4 Å². The summed E-state index contributed by atoms with van der Waals surface area (Å²) in [6.07, 6.45) is 1.78. The molecule has 1 aromatic rings. The maximum Gasteiger partial charge on any atom is 0.326 e. The highest BCUT2D eigenvalue weighted by Crippen LogP contribution is 2.03. The van der Waals surface area contributed by atoms with Gasteiger partial charge in [0.1, 0.15) is 12.1 Å². The van der Waals surface area contributed by atoms with E-state index < -0.39 is 54.1 Å². The molecule has 3 unspecified atom stereocenters. The molecule has 10 N–H and O–H groups in total. The van der Waals surface area contributed by atoms with Gasteiger partial charge in [-0.3, -0.25) is 19.2 Å². The van der Waals surface area contributed by atoms with E-state index in [-0.39, 0.29) is 19.3 Å². The van der Waals surface area contributed by atoms with Gasteiger partial charge in [0.2, 0.25) is 23.6 Å². The van der Waals surface area contributed by atoms with Gasteiger partial charge < -0.3 is 37.9 Å². The number of nitrogens with one attached hydrogen (secondary N) is 3. The van der Waals surface area contributed by atoms with Crippen LogP contribution in [-0.4, -0.2) is 62.8 Å². The van der Waals surface area contributed by atoms with Gasteiger partial charge in [0.15, 0.2) is 0 Å². The zero-order valence-corrected chi connectivity index (χ0v) is 14.9. The summed E-state index contributed by atoms with van der Waals surface area (Å²) >= 11 is 0. The highest BCUT2D eigenvalue weighted by molar-refractivity contribution is 5.93. The largest absolute Gasteiger partial charge is 0.480 e. The molecule has 0 spiro atoms. The van der Waals surface area contributed by atoms with Gasteiger partial charge in [-0.2, -0.15) is 0 Å².